The lowest BCUT2D eigenvalue weighted by Crippen LogP contribution is -2.38. The Hall–Kier alpha value is -3.41. The Kier molecular flexibility index (Phi) is 5.65. The molecular weight excluding hydrogens is 376 g/mol. The minimum absolute atomic E-state index is 0.0853. The number of rotatable bonds is 4. The predicted octanol–water partition coefficient (Wildman–Crippen LogP) is 4.01. The van der Waals surface area contributed by atoms with Gasteiger partial charge in [-0.2, -0.15) is 5.10 Å². The van der Waals surface area contributed by atoms with Gasteiger partial charge in [-0.15, -0.1) is 0 Å². The number of amides is 2. The fourth-order valence-electron chi connectivity index (χ4n) is 3.95. The molecule has 1 aromatic heterocycles. The molecule has 2 aromatic carbocycles. The van der Waals surface area contributed by atoms with Crippen molar-refractivity contribution < 1.29 is 9.59 Å². The molecule has 4 rings (SSSR count). The molecule has 154 valence electrons. The molecule has 6 nitrogen and oxygen atoms in total. The van der Waals surface area contributed by atoms with Crippen molar-refractivity contribution in [2.45, 2.75) is 25.7 Å². The van der Waals surface area contributed by atoms with Gasteiger partial charge in [-0.25, -0.2) is 0 Å². The first kappa shape index (κ1) is 19.9. The second-order valence-electron chi connectivity index (χ2n) is 7.84. The summed E-state index contributed by atoms with van der Waals surface area (Å²) in [6.07, 6.45) is 1.70. The van der Waals surface area contributed by atoms with Crippen LogP contribution in [-0.4, -0.2) is 47.0 Å². The topological polar surface area (TPSA) is 69.3 Å². The van der Waals surface area contributed by atoms with Crippen LogP contribution in [0.15, 0.2) is 60.7 Å². The van der Waals surface area contributed by atoms with E-state index in [1.165, 1.54) is 0 Å². The Morgan fingerprint density at radius 3 is 2.47 bits per heavy atom. The van der Waals surface area contributed by atoms with Gasteiger partial charge < -0.3 is 9.80 Å². The Morgan fingerprint density at radius 1 is 1.03 bits per heavy atom. The zero-order valence-corrected chi connectivity index (χ0v) is 17.3. The van der Waals surface area contributed by atoms with E-state index < -0.39 is 0 Å². The third kappa shape index (κ3) is 4.13. The largest absolute Gasteiger partial charge is 0.339 e. The van der Waals surface area contributed by atoms with Gasteiger partial charge in [-0.3, -0.25) is 14.7 Å². The Morgan fingerprint density at radius 2 is 1.77 bits per heavy atom. The van der Waals surface area contributed by atoms with Gasteiger partial charge in [0.25, 0.3) is 11.8 Å². The van der Waals surface area contributed by atoms with Gasteiger partial charge in [-0.05, 0) is 50.1 Å². The molecule has 0 atom stereocenters. The number of carbonyl (C=O) groups excluding carboxylic acids is 2. The number of benzene rings is 2. The van der Waals surface area contributed by atoms with Crippen LogP contribution in [-0.2, 0) is 0 Å². The first-order valence-electron chi connectivity index (χ1n) is 10.3. The van der Waals surface area contributed by atoms with Gasteiger partial charge in [0.05, 0.1) is 0 Å². The van der Waals surface area contributed by atoms with Crippen molar-refractivity contribution in [1.29, 1.82) is 0 Å². The molecule has 0 aliphatic carbocycles. The minimum Gasteiger partial charge on any atom is -0.339 e. The summed E-state index contributed by atoms with van der Waals surface area (Å²) in [5.41, 5.74) is 4.03. The fourth-order valence-corrected chi connectivity index (χ4v) is 3.95. The van der Waals surface area contributed by atoms with Crippen LogP contribution in [0.4, 0.5) is 5.69 Å². The molecule has 3 aromatic rings. The van der Waals surface area contributed by atoms with E-state index >= 15 is 0 Å². The fraction of sp³-hybridized carbons (Fsp3) is 0.292. The van der Waals surface area contributed by atoms with Gasteiger partial charge in [-0.1, -0.05) is 35.9 Å². The average molecular weight is 402 g/mol. The highest BCUT2D eigenvalue weighted by molar-refractivity contribution is 6.04. The van der Waals surface area contributed by atoms with Gasteiger partial charge in [0.1, 0.15) is 0 Å². The highest BCUT2D eigenvalue weighted by Gasteiger charge is 2.27. The molecular formula is C24H26N4O2. The molecule has 2 heterocycles. The summed E-state index contributed by atoms with van der Waals surface area (Å²) in [5, 5.41) is 7.30. The summed E-state index contributed by atoms with van der Waals surface area (Å²) in [5.74, 6) is 0.209. The second kappa shape index (κ2) is 8.53. The number of aromatic amines is 1. The molecule has 6 heteroatoms. The maximum absolute atomic E-state index is 12.8. The smallest absolute Gasteiger partial charge is 0.278 e. The number of nitrogens with zero attached hydrogens (tertiary/aromatic N) is 3. The highest BCUT2D eigenvalue weighted by atomic mass is 16.2. The van der Waals surface area contributed by atoms with E-state index in [9.17, 15) is 9.59 Å². The SMILES string of the molecule is Cc1cccc(C(=O)N2CCC(c3cc(C(=O)N(C)c4ccccc4)n[nH]3)CC2)c1. The van der Waals surface area contributed by atoms with Crippen molar-refractivity contribution in [1.82, 2.24) is 15.1 Å². The number of aromatic nitrogens is 2. The number of para-hydroxylation sites is 1. The summed E-state index contributed by atoms with van der Waals surface area (Å²) in [4.78, 5) is 29.0. The molecule has 1 N–H and O–H groups in total. The monoisotopic (exact) mass is 402 g/mol. The lowest BCUT2D eigenvalue weighted by Gasteiger charge is -2.31. The third-order valence-electron chi connectivity index (χ3n) is 5.75. The Balaban J connectivity index is 1.38. The summed E-state index contributed by atoms with van der Waals surface area (Å²) < 4.78 is 0. The first-order chi connectivity index (χ1) is 14.5. The van der Waals surface area contributed by atoms with Gasteiger partial charge in [0.2, 0.25) is 0 Å². The lowest BCUT2D eigenvalue weighted by molar-refractivity contribution is 0.0712. The normalized spacial score (nSPS) is 14.5. The van der Waals surface area contributed by atoms with Crippen LogP contribution in [0.25, 0.3) is 0 Å². The molecule has 1 saturated heterocycles. The number of hydrogen-bond donors (Lipinski definition) is 1. The van der Waals surface area contributed by atoms with Crippen molar-refractivity contribution in [2.24, 2.45) is 0 Å². The molecule has 0 radical (unpaired) electrons. The van der Waals surface area contributed by atoms with E-state index in [2.05, 4.69) is 10.2 Å². The van der Waals surface area contributed by atoms with E-state index in [0.717, 1.165) is 35.3 Å². The minimum atomic E-state index is -0.143. The maximum Gasteiger partial charge on any atom is 0.278 e. The quantitative estimate of drug-likeness (QED) is 0.717. The highest BCUT2D eigenvalue weighted by Crippen LogP contribution is 2.28. The van der Waals surface area contributed by atoms with Crippen molar-refractivity contribution in [2.75, 3.05) is 25.0 Å². The summed E-state index contributed by atoms with van der Waals surface area (Å²) in [6.45, 7) is 3.39. The Bertz CT molecular complexity index is 1040. The van der Waals surface area contributed by atoms with Crippen LogP contribution in [0, 0.1) is 6.92 Å². The van der Waals surface area contributed by atoms with Crippen LogP contribution in [0.1, 0.15) is 50.9 Å². The van der Waals surface area contributed by atoms with Crippen molar-refractivity contribution in [3.8, 4) is 0 Å². The summed E-state index contributed by atoms with van der Waals surface area (Å²) >= 11 is 0. The number of piperidine rings is 1. The maximum atomic E-state index is 12.8. The zero-order chi connectivity index (χ0) is 21.1. The number of carbonyl (C=O) groups is 2. The molecule has 0 bridgehead atoms. The van der Waals surface area contributed by atoms with Crippen LogP contribution >= 0.6 is 0 Å². The molecule has 2 amide bonds. The van der Waals surface area contributed by atoms with Crippen molar-refractivity contribution in [3.63, 3.8) is 0 Å². The van der Waals surface area contributed by atoms with E-state index in [-0.39, 0.29) is 17.7 Å². The number of anilines is 1. The lowest BCUT2D eigenvalue weighted by atomic mass is 9.93. The predicted molar refractivity (Wildman–Crippen MR) is 117 cm³/mol. The number of aryl methyl sites for hydroxylation is 1. The van der Waals surface area contributed by atoms with Gasteiger partial charge >= 0.3 is 0 Å². The second-order valence-corrected chi connectivity index (χ2v) is 7.84. The average Bonchev–Trinajstić information content (AvgIpc) is 3.28. The van der Waals surface area contributed by atoms with Crippen LogP contribution < -0.4 is 4.90 Å². The molecule has 1 fully saturated rings. The number of likely N-dealkylation sites (tertiary alicyclic amines) is 1. The number of H-pyrrole nitrogens is 1. The summed E-state index contributed by atoms with van der Waals surface area (Å²) in [7, 11) is 1.75. The van der Waals surface area contributed by atoms with Gasteiger partial charge in [0, 0.05) is 43.0 Å². The third-order valence-corrected chi connectivity index (χ3v) is 5.75. The van der Waals surface area contributed by atoms with E-state index in [1.807, 2.05) is 72.5 Å². The van der Waals surface area contributed by atoms with Crippen LogP contribution in [0.2, 0.25) is 0 Å². The van der Waals surface area contributed by atoms with Gasteiger partial charge in [0.15, 0.2) is 5.69 Å². The molecule has 0 spiro atoms. The van der Waals surface area contributed by atoms with Crippen molar-refractivity contribution in [3.05, 3.63) is 83.2 Å². The Labute approximate surface area is 176 Å². The zero-order valence-electron chi connectivity index (χ0n) is 17.3. The van der Waals surface area contributed by atoms with E-state index in [1.54, 1.807) is 11.9 Å². The van der Waals surface area contributed by atoms with Crippen LogP contribution in [0.3, 0.4) is 0 Å². The molecule has 1 aliphatic rings. The van der Waals surface area contributed by atoms with Crippen molar-refractivity contribution >= 4 is 17.5 Å². The molecule has 0 saturated carbocycles. The van der Waals surface area contributed by atoms with E-state index in [0.29, 0.717) is 18.8 Å². The number of nitrogens with one attached hydrogen (secondary N) is 1. The van der Waals surface area contributed by atoms with E-state index in [4.69, 9.17) is 0 Å². The molecule has 0 unspecified atom stereocenters. The molecule has 1 aliphatic heterocycles. The molecule has 30 heavy (non-hydrogen) atoms. The number of hydrogen-bond acceptors (Lipinski definition) is 3. The first-order valence-corrected chi connectivity index (χ1v) is 10.3. The summed E-state index contributed by atoms with van der Waals surface area (Å²) in [6, 6.07) is 19.1. The van der Waals surface area contributed by atoms with Crippen LogP contribution in [0.5, 0.6) is 0 Å². The standard InChI is InChI=1S/C24H26N4O2/c1-17-7-6-8-19(15-17)23(29)28-13-11-18(12-14-28)21-16-22(26-25-21)24(30)27(2)20-9-4-3-5-10-20/h3-10,15-16,18H,11-14H2,1-2H3,(H,25,26).